The van der Waals surface area contributed by atoms with E-state index in [0.29, 0.717) is 6.42 Å². The van der Waals surface area contributed by atoms with E-state index in [0.717, 1.165) is 0 Å². The molecule has 60 valence electrons. The molecule has 0 amide bonds. The minimum Gasteiger partial charge on any atom is -0.396 e. The third-order valence-electron chi connectivity index (χ3n) is 1.12. The van der Waals surface area contributed by atoms with Crippen LogP contribution in [-0.2, 0) is 4.84 Å². The third-order valence-corrected chi connectivity index (χ3v) is 1.12. The van der Waals surface area contributed by atoms with Gasteiger partial charge in [0, 0.05) is 19.2 Å². The SMILES string of the molecule is C/C=N\OC(C)(C)CCO. The van der Waals surface area contributed by atoms with Crippen LogP contribution in [0.15, 0.2) is 5.16 Å². The van der Waals surface area contributed by atoms with Gasteiger partial charge in [-0.05, 0) is 20.8 Å². The van der Waals surface area contributed by atoms with Crippen LogP contribution < -0.4 is 0 Å². The Morgan fingerprint density at radius 3 is 2.60 bits per heavy atom. The number of oxime groups is 1. The molecule has 3 heteroatoms. The Balaban J connectivity index is 3.62. The number of hydrogen-bond donors (Lipinski definition) is 1. The van der Waals surface area contributed by atoms with Gasteiger partial charge in [0.2, 0.25) is 0 Å². The van der Waals surface area contributed by atoms with Gasteiger partial charge in [0.15, 0.2) is 0 Å². The molecule has 1 N–H and O–H groups in total. The number of hydrogen-bond acceptors (Lipinski definition) is 3. The molecule has 0 rings (SSSR count). The minimum absolute atomic E-state index is 0.131. The highest BCUT2D eigenvalue weighted by molar-refractivity contribution is 5.52. The summed E-state index contributed by atoms with van der Waals surface area (Å²) < 4.78 is 0. The monoisotopic (exact) mass is 145 g/mol. The Morgan fingerprint density at radius 1 is 1.60 bits per heavy atom. The van der Waals surface area contributed by atoms with Crippen LogP contribution in [0, 0.1) is 0 Å². The summed E-state index contributed by atoms with van der Waals surface area (Å²) >= 11 is 0. The summed E-state index contributed by atoms with van der Waals surface area (Å²) in [5.41, 5.74) is -0.346. The molecule has 0 unspecified atom stereocenters. The molecule has 0 aromatic heterocycles. The molecule has 0 aliphatic rings. The predicted octanol–water partition coefficient (Wildman–Crippen LogP) is 1.17. The van der Waals surface area contributed by atoms with Crippen molar-refractivity contribution in [2.24, 2.45) is 5.16 Å². The van der Waals surface area contributed by atoms with E-state index in [1.165, 1.54) is 0 Å². The Hall–Kier alpha value is -0.570. The molecule has 0 fully saturated rings. The maximum absolute atomic E-state index is 8.57. The maximum Gasteiger partial charge on any atom is 0.134 e. The molecule has 3 nitrogen and oxygen atoms in total. The summed E-state index contributed by atoms with van der Waals surface area (Å²) in [4.78, 5) is 5.03. The second-order valence-corrected chi connectivity index (χ2v) is 2.69. The van der Waals surface area contributed by atoms with E-state index in [4.69, 9.17) is 9.94 Å². The summed E-state index contributed by atoms with van der Waals surface area (Å²) in [5.74, 6) is 0. The maximum atomic E-state index is 8.57. The highest BCUT2D eigenvalue weighted by atomic mass is 16.6. The molecular weight excluding hydrogens is 130 g/mol. The second kappa shape index (κ2) is 4.28. The summed E-state index contributed by atoms with van der Waals surface area (Å²) in [7, 11) is 0. The van der Waals surface area contributed by atoms with Gasteiger partial charge in [-0.3, -0.25) is 0 Å². The quantitative estimate of drug-likeness (QED) is 0.476. The summed E-state index contributed by atoms with van der Waals surface area (Å²) in [6.07, 6.45) is 2.18. The molecule has 0 saturated carbocycles. The van der Waals surface area contributed by atoms with Crippen LogP contribution in [-0.4, -0.2) is 23.5 Å². The smallest absolute Gasteiger partial charge is 0.134 e. The molecule has 0 radical (unpaired) electrons. The van der Waals surface area contributed by atoms with E-state index < -0.39 is 0 Å². The molecule has 0 aromatic rings. The summed E-state index contributed by atoms with van der Waals surface area (Å²) in [6, 6.07) is 0. The standard InChI is InChI=1S/C7H15NO2/c1-4-8-10-7(2,3)5-6-9/h4,9H,5-6H2,1-3H3/b8-4-. The lowest BCUT2D eigenvalue weighted by Gasteiger charge is -2.20. The zero-order valence-corrected chi connectivity index (χ0v) is 6.79. The van der Waals surface area contributed by atoms with Crippen LogP contribution in [0.5, 0.6) is 0 Å². The number of aliphatic hydroxyl groups excluding tert-OH is 1. The Morgan fingerprint density at radius 2 is 2.20 bits per heavy atom. The molecule has 0 aliphatic carbocycles. The first-order chi connectivity index (χ1) is 4.62. The van der Waals surface area contributed by atoms with Gasteiger partial charge in [0.1, 0.15) is 5.60 Å². The van der Waals surface area contributed by atoms with E-state index in [1.807, 2.05) is 13.8 Å². The fourth-order valence-electron chi connectivity index (χ4n) is 0.510. The average molecular weight is 145 g/mol. The van der Waals surface area contributed by atoms with Crippen molar-refractivity contribution in [1.29, 1.82) is 0 Å². The van der Waals surface area contributed by atoms with E-state index >= 15 is 0 Å². The first-order valence-corrected chi connectivity index (χ1v) is 3.39. The van der Waals surface area contributed by atoms with Crippen LogP contribution in [0.3, 0.4) is 0 Å². The average Bonchev–Trinajstić information content (AvgIpc) is 1.84. The fourth-order valence-corrected chi connectivity index (χ4v) is 0.510. The minimum atomic E-state index is -0.346. The topological polar surface area (TPSA) is 41.8 Å². The predicted molar refractivity (Wildman–Crippen MR) is 41.0 cm³/mol. The molecular formula is C7H15NO2. The van der Waals surface area contributed by atoms with Gasteiger partial charge in [0.05, 0.1) is 0 Å². The van der Waals surface area contributed by atoms with Crippen molar-refractivity contribution >= 4 is 6.21 Å². The van der Waals surface area contributed by atoms with Gasteiger partial charge < -0.3 is 9.94 Å². The van der Waals surface area contributed by atoms with Gasteiger partial charge in [-0.2, -0.15) is 0 Å². The van der Waals surface area contributed by atoms with E-state index in [2.05, 4.69) is 5.16 Å². The fraction of sp³-hybridized carbons (Fsp3) is 0.857. The van der Waals surface area contributed by atoms with E-state index in [9.17, 15) is 0 Å². The van der Waals surface area contributed by atoms with Crippen LogP contribution in [0.25, 0.3) is 0 Å². The van der Waals surface area contributed by atoms with Gasteiger partial charge in [-0.15, -0.1) is 0 Å². The lowest BCUT2D eigenvalue weighted by atomic mass is 10.1. The van der Waals surface area contributed by atoms with Crippen LogP contribution in [0.1, 0.15) is 27.2 Å². The van der Waals surface area contributed by atoms with Crippen LogP contribution in [0.2, 0.25) is 0 Å². The van der Waals surface area contributed by atoms with Crippen LogP contribution >= 0.6 is 0 Å². The molecule has 0 heterocycles. The van der Waals surface area contributed by atoms with Gasteiger partial charge in [0.25, 0.3) is 0 Å². The second-order valence-electron chi connectivity index (χ2n) is 2.69. The lowest BCUT2D eigenvalue weighted by molar-refractivity contribution is -0.0292. The Kier molecular flexibility index (Phi) is 4.03. The first kappa shape index (κ1) is 9.43. The lowest BCUT2D eigenvalue weighted by Crippen LogP contribution is -2.23. The normalized spacial score (nSPS) is 12.4. The van der Waals surface area contributed by atoms with Gasteiger partial charge in [-0.1, -0.05) is 5.16 Å². The van der Waals surface area contributed by atoms with Gasteiger partial charge >= 0.3 is 0 Å². The van der Waals surface area contributed by atoms with Crippen molar-refractivity contribution in [3.63, 3.8) is 0 Å². The van der Waals surface area contributed by atoms with Crippen molar-refractivity contribution in [2.45, 2.75) is 32.8 Å². The highest BCUT2D eigenvalue weighted by Gasteiger charge is 2.17. The summed E-state index contributed by atoms with van der Waals surface area (Å²) in [6.45, 7) is 5.69. The van der Waals surface area contributed by atoms with Gasteiger partial charge in [-0.25, -0.2) is 0 Å². The molecule has 0 atom stereocenters. The molecule has 0 aliphatic heterocycles. The molecule has 10 heavy (non-hydrogen) atoms. The van der Waals surface area contributed by atoms with Crippen molar-refractivity contribution in [2.75, 3.05) is 6.61 Å². The third kappa shape index (κ3) is 4.32. The number of nitrogens with zero attached hydrogens (tertiary/aromatic N) is 1. The van der Waals surface area contributed by atoms with Crippen molar-refractivity contribution in [1.82, 2.24) is 0 Å². The molecule has 0 saturated heterocycles. The highest BCUT2D eigenvalue weighted by Crippen LogP contribution is 2.13. The Bertz CT molecular complexity index is 110. The molecule has 0 aromatic carbocycles. The largest absolute Gasteiger partial charge is 0.396 e. The zero-order chi connectivity index (χ0) is 8.04. The van der Waals surface area contributed by atoms with E-state index in [1.54, 1.807) is 13.1 Å². The zero-order valence-electron chi connectivity index (χ0n) is 6.79. The van der Waals surface area contributed by atoms with Crippen molar-refractivity contribution in [3.8, 4) is 0 Å². The van der Waals surface area contributed by atoms with Crippen molar-refractivity contribution in [3.05, 3.63) is 0 Å². The van der Waals surface area contributed by atoms with E-state index in [-0.39, 0.29) is 12.2 Å². The number of aliphatic hydroxyl groups is 1. The summed E-state index contributed by atoms with van der Waals surface area (Å²) in [5, 5.41) is 12.2. The first-order valence-electron chi connectivity index (χ1n) is 3.39. The Labute approximate surface area is 61.7 Å². The molecule has 0 spiro atoms. The number of rotatable bonds is 4. The molecule has 0 bridgehead atoms. The van der Waals surface area contributed by atoms with Crippen molar-refractivity contribution < 1.29 is 9.94 Å². The van der Waals surface area contributed by atoms with Crippen LogP contribution in [0.4, 0.5) is 0 Å².